The lowest BCUT2D eigenvalue weighted by molar-refractivity contribution is -0.384. The second-order valence-corrected chi connectivity index (χ2v) is 7.76. The fourth-order valence-corrected chi connectivity index (χ4v) is 2.68. The number of halogens is 1. The summed E-state index contributed by atoms with van der Waals surface area (Å²) in [7, 11) is 0. The molecule has 1 rings (SSSR count). The Morgan fingerprint density at radius 3 is 2.28 bits per heavy atom. The zero-order valence-corrected chi connectivity index (χ0v) is 17.7. The molecule has 0 atom stereocenters. The predicted molar refractivity (Wildman–Crippen MR) is 108 cm³/mol. The SMILES string of the molecule is CC(C)CN(CC(C)C)C(=O)COC(=O)CNC(=O)c1ccc(Cl)c([N+](=O)[O-])c1. The Bertz CT molecular complexity index is 756. The van der Waals surface area contributed by atoms with Gasteiger partial charge in [0.25, 0.3) is 17.5 Å². The van der Waals surface area contributed by atoms with Gasteiger partial charge in [0.2, 0.25) is 0 Å². The van der Waals surface area contributed by atoms with Crippen LogP contribution in [0.2, 0.25) is 5.02 Å². The molecule has 0 saturated carbocycles. The molecule has 29 heavy (non-hydrogen) atoms. The Labute approximate surface area is 174 Å². The molecule has 0 aliphatic rings. The standard InChI is InChI=1S/C19H26ClN3O6/c1-12(2)9-22(10-13(3)4)17(24)11-29-18(25)8-21-19(26)14-5-6-15(20)16(7-14)23(27)28/h5-7,12-13H,8-11H2,1-4H3,(H,21,26). The van der Waals surface area contributed by atoms with Crippen molar-refractivity contribution in [2.24, 2.45) is 11.8 Å². The van der Waals surface area contributed by atoms with Crippen LogP contribution < -0.4 is 5.32 Å². The van der Waals surface area contributed by atoms with Gasteiger partial charge in [-0.3, -0.25) is 24.5 Å². The van der Waals surface area contributed by atoms with E-state index in [-0.39, 0.29) is 28.3 Å². The van der Waals surface area contributed by atoms with E-state index in [1.807, 2.05) is 27.7 Å². The summed E-state index contributed by atoms with van der Waals surface area (Å²) in [5.41, 5.74) is -0.437. The van der Waals surface area contributed by atoms with Gasteiger partial charge in [-0.25, -0.2) is 0 Å². The van der Waals surface area contributed by atoms with E-state index in [0.717, 1.165) is 6.07 Å². The van der Waals surface area contributed by atoms with E-state index >= 15 is 0 Å². The summed E-state index contributed by atoms with van der Waals surface area (Å²) in [6, 6.07) is 3.54. The number of rotatable bonds is 10. The van der Waals surface area contributed by atoms with Crippen molar-refractivity contribution < 1.29 is 24.0 Å². The molecule has 1 aromatic rings. The molecule has 1 aromatic carbocycles. The highest BCUT2D eigenvalue weighted by Gasteiger charge is 2.19. The van der Waals surface area contributed by atoms with E-state index in [1.54, 1.807) is 4.90 Å². The molecule has 0 aliphatic carbocycles. The van der Waals surface area contributed by atoms with Crippen LogP contribution in [-0.2, 0) is 14.3 Å². The molecule has 160 valence electrons. The molecule has 0 bridgehead atoms. The zero-order chi connectivity index (χ0) is 22.1. The lowest BCUT2D eigenvalue weighted by Crippen LogP contribution is -2.40. The van der Waals surface area contributed by atoms with Crippen LogP contribution in [0.25, 0.3) is 0 Å². The van der Waals surface area contributed by atoms with Gasteiger partial charge in [0.05, 0.1) is 4.92 Å². The number of benzene rings is 1. The minimum absolute atomic E-state index is 0.0231. The molecular formula is C19H26ClN3O6. The normalized spacial score (nSPS) is 10.7. The molecule has 0 aliphatic heterocycles. The molecule has 0 spiro atoms. The third kappa shape index (κ3) is 8.47. The van der Waals surface area contributed by atoms with Gasteiger partial charge in [0.1, 0.15) is 11.6 Å². The average Bonchev–Trinajstić information content (AvgIpc) is 2.62. The van der Waals surface area contributed by atoms with E-state index in [4.69, 9.17) is 16.3 Å². The van der Waals surface area contributed by atoms with Crippen LogP contribution >= 0.6 is 11.6 Å². The molecule has 0 unspecified atom stereocenters. The summed E-state index contributed by atoms with van der Waals surface area (Å²) in [6.45, 7) is 8.18. The quantitative estimate of drug-likeness (QED) is 0.348. The average molecular weight is 428 g/mol. The summed E-state index contributed by atoms with van der Waals surface area (Å²) in [6.07, 6.45) is 0. The van der Waals surface area contributed by atoms with Crippen molar-refractivity contribution in [1.82, 2.24) is 10.2 Å². The van der Waals surface area contributed by atoms with Crippen molar-refractivity contribution in [2.75, 3.05) is 26.2 Å². The molecule has 1 N–H and O–H groups in total. The highest BCUT2D eigenvalue weighted by atomic mass is 35.5. The molecule has 9 nitrogen and oxygen atoms in total. The molecule has 0 aromatic heterocycles. The van der Waals surface area contributed by atoms with Crippen LogP contribution in [0, 0.1) is 22.0 Å². The Balaban J connectivity index is 2.56. The second-order valence-electron chi connectivity index (χ2n) is 7.35. The number of carbonyl (C=O) groups is 3. The summed E-state index contributed by atoms with van der Waals surface area (Å²) < 4.78 is 4.94. The third-order valence-electron chi connectivity index (χ3n) is 3.68. The molecule has 0 saturated heterocycles. The minimum atomic E-state index is -0.788. The molecule has 0 radical (unpaired) electrons. The van der Waals surface area contributed by atoms with Crippen LogP contribution in [0.4, 0.5) is 5.69 Å². The van der Waals surface area contributed by atoms with Gasteiger partial charge in [-0.2, -0.15) is 0 Å². The summed E-state index contributed by atoms with van der Waals surface area (Å²) in [5, 5.41) is 13.1. The summed E-state index contributed by atoms with van der Waals surface area (Å²) >= 11 is 5.70. The van der Waals surface area contributed by atoms with Crippen LogP contribution in [0.1, 0.15) is 38.1 Å². The molecular weight excluding hydrogens is 402 g/mol. The molecule has 0 heterocycles. The zero-order valence-electron chi connectivity index (χ0n) is 16.9. The number of nitro benzene ring substituents is 1. The first kappa shape index (κ1) is 24.4. The Kier molecular flexibility index (Phi) is 9.54. The Morgan fingerprint density at radius 2 is 1.76 bits per heavy atom. The largest absolute Gasteiger partial charge is 0.454 e. The van der Waals surface area contributed by atoms with Gasteiger partial charge < -0.3 is 15.0 Å². The lowest BCUT2D eigenvalue weighted by atomic mass is 10.1. The second kappa shape index (κ2) is 11.4. The van der Waals surface area contributed by atoms with Crippen molar-refractivity contribution in [2.45, 2.75) is 27.7 Å². The van der Waals surface area contributed by atoms with Gasteiger partial charge >= 0.3 is 5.97 Å². The number of esters is 1. The van der Waals surface area contributed by atoms with Crippen molar-refractivity contribution in [3.8, 4) is 0 Å². The van der Waals surface area contributed by atoms with Gasteiger partial charge in [-0.15, -0.1) is 0 Å². The number of nitrogens with zero attached hydrogens (tertiary/aromatic N) is 2. The first-order valence-electron chi connectivity index (χ1n) is 9.16. The van der Waals surface area contributed by atoms with Crippen LogP contribution in [0.5, 0.6) is 0 Å². The topological polar surface area (TPSA) is 119 Å². The number of amides is 2. The minimum Gasteiger partial charge on any atom is -0.454 e. The lowest BCUT2D eigenvalue weighted by Gasteiger charge is -2.26. The first-order chi connectivity index (χ1) is 13.5. The third-order valence-corrected chi connectivity index (χ3v) is 4.00. The first-order valence-corrected chi connectivity index (χ1v) is 9.54. The van der Waals surface area contributed by atoms with Gasteiger partial charge in [0, 0.05) is 24.7 Å². The number of hydrogen-bond acceptors (Lipinski definition) is 6. The number of nitro groups is 1. The van der Waals surface area contributed by atoms with Crippen molar-refractivity contribution >= 4 is 35.1 Å². The van der Waals surface area contributed by atoms with E-state index in [9.17, 15) is 24.5 Å². The number of nitrogens with one attached hydrogen (secondary N) is 1. The van der Waals surface area contributed by atoms with E-state index < -0.39 is 35.6 Å². The predicted octanol–water partition coefficient (Wildman–Crippen LogP) is 2.66. The number of ether oxygens (including phenoxy) is 1. The highest BCUT2D eigenvalue weighted by Crippen LogP contribution is 2.24. The molecule has 2 amide bonds. The van der Waals surface area contributed by atoms with Gasteiger partial charge in [0.15, 0.2) is 6.61 Å². The molecule has 10 heteroatoms. The van der Waals surface area contributed by atoms with Gasteiger partial charge in [-0.05, 0) is 24.0 Å². The van der Waals surface area contributed by atoms with Crippen molar-refractivity contribution in [3.05, 3.63) is 38.9 Å². The summed E-state index contributed by atoms with van der Waals surface area (Å²) in [4.78, 5) is 48.0. The summed E-state index contributed by atoms with van der Waals surface area (Å²) in [5.74, 6) is -1.24. The van der Waals surface area contributed by atoms with Crippen molar-refractivity contribution in [3.63, 3.8) is 0 Å². The smallest absolute Gasteiger partial charge is 0.325 e. The van der Waals surface area contributed by atoms with E-state index in [2.05, 4.69) is 5.32 Å². The van der Waals surface area contributed by atoms with Crippen molar-refractivity contribution in [1.29, 1.82) is 0 Å². The monoisotopic (exact) mass is 427 g/mol. The van der Waals surface area contributed by atoms with E-state index in [1.165, 1.54) is 12.1 Å². The highest BCUT2D eigenvalue weighted by molar-refractivity contribution is 6.32. The van der Waals surface area contributed by atoms with Crippen LogP contribution in [-0.4, -0.2) is 53.8 Å². The Hall–Kier alpha value is -2.68. The maximum atomic E-state index is 12.3. The van der Waals surface area contributed by atoms with Gasteiger partial charge in [-0.1, -0.05) is 39.3 Å². The Morgan fingerprint density at radius 1 is 1.17 bits per heavy atom. The fourth-order valence-electron chi connectivity index (χ4n) is 2.49. The van der Waals surface area contributed by atoms with E-state index in [0.29, 0.717) is 13.1 Å². The number of carbonyl (C=O) groups excluding carboxylic acids is 3. The fraction of sp³-hybridized carbons (Fsp3) is 0.526. The maximum absolute atomic E-state index is 12.3. The maximum Gasteiger partial charge on any atom is 0.325 e. The van der Waals surface area contributed by atoms with Crippen LogP contribution in [0.15, 0.2) is 18.2 Å². The van der Waals surface area contributed by atoms with Crippen LogP contribution in [0.3, 0.4) is 0 Å². The molecule has 0 fully saturated rings. The number of hydrogen-bond donors (Lipinski definition) is 1.